The molecule has 0 aliphatic carbocycles. The predicted octanol–water partition coefficient (Wildman–Crippen LogP) is 2.75. The van der Waals surface area contributed by atoms with Crippen LogP contribution in [0.5, 0.6) is 0 Å². The first-order valence-electron chi connectivity index (χ1n) is 5.72. The molecule has 0 amide bonds. The molecular weight excluding hydrogens is 216 g/mol. The lowest BCUT2D eigenvalue weighted by Gasteiger charge is -2.28. The summed E-state index contributed by atoms with van der Waals surface area (Å²) in [6, 6.07) is 10.9. The van der Waals surface area contributed by atoms with Crippen molar-refractivity contribution >= 4 is 17.2 Å². The highest BCUT2D eigenvalue weighted by Gasteiger charge is 2.13. The van der Waals surface area contributed by atoms with Crippen LogP contribution in [0.2, 0.25) is 0 Å². The van der Waals surface area contributed by atoms with Crippen molar-refractivity contribution in [3.05, 3.63) is 35.9 Å². The van der Waals surface area contributed by atoms with Crippen molar-refractivity contribution in [2.24, 2.45) is 5.73 Å². The molecule has 1 atom stereocenters. The van der Waals surface area contributed by atoms with Crippen LogP contribution in [0.4, 0.5) is 0 Å². The summed E-state index contributed by atoms with van der Waals surface area (Å²) in [6.45, 7) is 6.33. The highest BCUT2D eigenvalue weighted by molar-refractivity contribution is 7.80. The summed E-state index contributed by atoms with van der Waals surface area (Å²) in [5, 5.41) is 0. The second-order valence-electron chi connectivity index (χ2n) is 3.93. The fourth-order valence-corrected chi connectivity index (χ4v) is 1.91. The summed E-state index contributed by atoms with van der Waals surface area (Å²) in [5.41, 5.74) is 6.88. The molecule has 0 bridgehead atoms. The van der Waals surface area contributed by atoms with Crippen molar-refractivity contribution in [2.75, 3.05) is 13.1 Å². The van der Waals surface area contributed by atoms with Crippen LogP contribution in [0.15, 0.2) is 30.3 Å². The Hall–Kier alpha value is -0.930. The van der Waals surface area contributed by atoms with Gasteiger partial charge in [-0.3, -0.25) is 4.90 Å². The first kappa shape index (κ1) is 13.1. The average Bonchev–Trinajstić information content (AvgIpc) is 2.30. The largest absolute Gasteiger partial charge is 0.393 e. The lowest BCUT2D eigenvalue weighted by molar-refractivity contribution is 0.228. The SMILES string of the molecule is CCN(CCC(N)=S)C(C)c1ccccc1. The molecule has 88 valence electrons. The van der Waals surface area contributed by atoms with Gasteiger partial charge in [0.15, 0.2) is 0 Å². The zero-order chi connectivity index (χ0) is 12.0. The molecular formula is C13H20N2S. The van der Waals surface area contributed by atoms with Gasteiger partial charge >= 0.3 is 0 Å². The highest BCUT2D eigenvalue weighted by atomic mass is 32.1. The van der Waals surface area contributed by atoms with Gasteiger partial charge < -0.3 is 5.73 Å². The van der Waals surface area contributed by atoms with Crippen LogP contribution in [-0.4, -0.2) is 23.0 Å². The maximum absolute atomic E-state index is 5.54. The molecule has 1 aromatic carbocycles. The third kappa shape index (κ3) is 3.91. The molecule has 0 aliphatic heterocycles. The smallest absolute Gasteiger partial charge is 0.0740 e. The Balaban J connectivity index is 2.62. The molecule has 0 spiro atoms. The van der Waals surface area contributed by atoms with Crippen molar-refractivity contribution in [1.29, 1.82) is 0 Å². The predicted molar refractivity (Wildman–Crippen MR) is 73.5 cm³/mol. The van der Waals surface area contributed by atoms with Crippen LogP contribution in [0.25, 0.3) is 0 Å². The number of hydrogen-bond donors (Lipinski definition) is 1. The van der Waals surface area contributed by atoms with Gasteiger partial charge in [0.25, 0.3) is 0 Å². The molecule has 0 saturated heterocycles. The minimum Gasteiger partial charge on any atom is -0.393 e. The van der Waals surface area contributed by atoms with Crippen LogP contribution in [-0.2, 0) is 0 Å². The lowest BCUT2D eigenvalue weighted by atomic mass is 10.1. The van der Waals surface area contributed by atoms with Gasteiger partial charge in [-0.15, -0.1) is 0 Å². The Morgan fingerprint density at radius 1 is 1.38 bits per heavy atom. The fourth-order valence-electron chi connectivity index (χ4n) is 1.82. The summed E-state index contributed by atoms with van der Waals surface area (Å²) < 4.78 is 0. The fraction of sp³-hybridized carbons (Fsp3) is 0.462. The second-order valence-corrected chi connectivity index (χ2v) is 4.46. The summed E-state index contributed by atoms with van der Waals surface area (Å²) in [5.74, 6) is 0. The van der Waals surface area contributed by atoms with E-state index in [9.17, 15) is 0 Å². The summed E-state index contributed by atoms with van der Waals surface area (Å²) in [4.78, 5) is 2.98. The van der Waals surface area contributed by atoms with E-state index in [-0.39, 0.29) is 0 Å². The normalized spacial score (nSPS) is 12.7. The zero-order valence-electron chi connectivity index (χ0n) is 10.0. The van der Waals surface area contributed by atoms with Crippen molar-refractivity contribution < 1.29 is 0 Å². The van der Waals surface area contributed by atoms with Crippen molar-refractivity contribution in [3.8, 4) is 0 Å². The van der Waals surface area contributed by atoms with E-state index in [1.54, 1.807) is 0 Å². The van der Waals surface area contributed by atoms with E-state index in [0.717, 1.165) is 19.5 Å². The molecule has 2 nitrogen and oxygen atoms in total. The van der Waals surface area contributed by atoms with Crippen LogP contribution in [0, 0.1) is 0 Å². The molecule has 0 fully saturated rings. The molecule has 1 rings (SSSR count). The summed E-state index contributed by atoms with van der Waals surface area (Å²) in [7, 11) is 0. The minimum atomic E-state index is 0.417. The van der Waals surface area contributed by atoms with Crippen molar-refractivity contribution in [1.82, 2.24) is 4.90 Å². The van der Waals surface area contributed by atoms with E-state index in [0.29, 0.717) is 11.0 Å². The Labute approximate surface area is 103 Å². The molecule has 0 saturated carbocycles. The maximum atomic E-state index is 5.54. The number of benzene rings is 1. The third-order valence-corrected chi connectivity index (χ3v) is 3.09. The Morgan fingerprint density at radius 3 is 2.50 bits per heavy atom. The van der Waals surface area contributed by atoms with Gasteiger partial charge in [0, 0.05) is 19.0 Å². The van der Waals surface area contributed by atoms with Crippen LogP contribution in [0.1, 0.15) is 31.9 Å². The molecule has 1 aromatic rings. The Bertz CT molecular complexity index is 324. The highest BCUT2D eigenvalue weighted by Crippen LogP contribution is 2.19. The minimum absolute atomic E-state index is 0.417. The van der Waals surface area contributed by atoms with Gasteiger partial charge in [-0.2, -0.15) is 0 Å². The van der Waals surface area contributed by atoms with E-state index >= 15 is 0 Å². The van der Waals surface area contributed by atoms with Gasteiger partial charge in [-0.1, -0.05) is 49.5 Å². The molecule has 1 unspecified atom stereocenters. The first-order valence-corrected chi connectivity index (χ1v) is 6.13. The standard InChI is InChI=1S/C13H20N2S/c1-3-15(10-9-13(14)16)11(2)12-7-5-4-6-8-12/h4-8,11H,3,9-10H2,1-2H3,(H2,14,16). The quantitative estimate of drug-likeness (QED) is 0.770. The number of nitrogens with zero attached hydrogens (tertiary/aromatic N) is 1. The molecule has 0 radical (unpaired) electrons. The van der Waals surface area contributed by atoms with E-state index in [1.165, 1.54) is 5.56 Å². The van der Waals surface area contributed by atoms with Crippen LogP contribution < -0.4 is 5.73 Å². The second kappa shape index (κ2) is 6.61. The number of thiocarbonyl (C=S) groups is 1. The maximum Gasteiger partial charge on any atom is 0.0740 e. The molecule has 2 N–H and O–H groups in total. The zero-order valence-corrected chi connectivity index (χ0v) is 10.8. The van der Waals surface area contributed by atoms with E-state index in [4.69, 9.17) is 18.0 Å². The summed E-state index contributed by atoms with van der Waals surface area (Å²) >= 11 is 4.92. The van der Waals surface area contributed by atoms with Crippen LogP contribution >= 0.6 is 12.2 Å². The Kier molecular flexibility index (Phi) is 5.43. The topological polar surface area (TPSA) is 29.3 Å². The molecule has 0 aromatic heterocycles. The average molecular weight is 236 g/mol. The van der Waals surface area contributed by atoms with Crippen molar-refractivity contribution in [3.63, 3.8) is 0 Å². The van der Waals surface area contributed by atoms with Crippen LogP contribution in [0.3, 0.4) is 0 Å². The van der Waals surface area contributed by atoms with Crippen molar-refractivity contribution in [2.45, 2.75) is 26.3 Å². The van der Waals surface area contributed by atoms with E-state index in [1.807, 2.05) is 6.07 Å². The van der Waals surface area contributed by atoms with Gasteiger partial charge in [0.05, 0.1) is 4.99 Å². The Morgan fingerprint density at radius 2 is 2.00 bits per heavy atom. The van der Waals surface area contributed by atoms with Gasteiger partial charge in [-0.05, 0) is 19.0 Å². The summed E-state index contributed by atoms with van der Waals surface area (Å²) in [6.07, 6.45) is 0.792. The van der Waals surface area contributed by atoms with Gasteiger partial charge in [0.2, 0.25) is 0 Å². The van der Waals surface area contributed by atoms with E-state index in [2.05, 4.69) is 43.0 Å². The van der Waals surface area contributed by atoms with Gasteiger partial charge in [-0.25, -0.2) is 0 Å². The third-order valence-electron chi connectivity index (χ3n) is 2.88. The monoisotopic (exact) mass is 236 g/mol. The molecule has 0 aliphatic rings. The van der Waals surface area contributed by atoms with E-state index < -0.39 is 0 Å². The number of rotatable bonds is 6. The first-order chi connectivity index (χ1) is 7.65. The number of nitrogens with two attached hydrogens (primary N) is 1. The molecule has 0 heterocycles. The number of hydrogen-bond acceptors (Lipinski definition) is 2. The van der Waals surface area contributed by atoms with Gasteiger partial charge in [0.1, 0.15) is 0 Å². The molecule has 16 heavy (non-hydrogen) atoms. The lowest BCUT2D eigenvalue weighted by Crippen LogP contribution is -2.30. The molecule has 3 heteroatoms.